The second-order valence-electron chi connectivity index (χ2n) is 3.55. The molecule has 0 saturated heterocycles. The summed E-state index contributed by atoms with van der Waals surface area (Å²) >= 11 is 5.80. The smallest absolute Gasteiger partial charge is 0.235 e. The minimum absolute atomic E-state index is 0.121. The van der Waals surface area contributed by atoms with Crippen LogP contribution in [0.25, 0.3) is 0 Å². The zero-order valence-corrected chi connectivity index (χ0v) is 9.76. The molecule has 0 aromatic heterocycles. The summed E-state index contributed by atoms with van der Waals surface area (Å²) in [6.07, 6.45) is 1.67. The molecule has 0 aliphatic carbocycles. The van der Waals surface area contributed by atoms with Crippen LogP contribution in [0.4, 0.5) is 20.2 Å². The van der Waals surface area contributed by atoms with Crippen molar-refractivity contribution in [3.63, 3.8) is 0 Å². The highest BCUT2D eigenvalue weighted by atomic mass is 35.5. The first kappa shape index (κ1) is 12.5. The highest BCUT2D eigenvalue weighted by Gasteiger charge is 2.06. The maximum atomic E-state index is 13.4. The van der Waals surface area contributed by atoms with Crippen LogP contribution in [0, 0.1) is 11.6 Å². The fourth-order valence-electron chi connectivity index (χ4n) is 1.42. The normalized spacial score (nSPS) is 10.2. The number of hydrogen-bond donors (Lipinski definition) is 1. The summed E-state index contributed by atoms with van der Waals surface area (Å²) < 4.78 is 26.1. The summed E-state index contributed by atoms with van der Waals surface area (Å²) in [7, 11) is 0. The van der Waals surface area contributed by atoms with Crippen molar-refractivity contribution in [2.45, 2.75) is 0 Å². The van der Waals surface area contributed by atoms with Gasteiger partial charge in [0.1, 0.15) is 11.6 Å². The molecule has 5 heteroatoms. The van der Waals surface area contributed by atoms with Crippen molar-refractivity contribution < 1.29 is 13.6 Å². The highest BCUT2D eigenvalue weighted by molar-refractivity contribution is 6.33. The van der Waals surface area contributed by atoms with E-state index in [9.17, 15) is 13.6 Å². The van der Waals surface area contributed by atoms with Crippen LogP contribution in [0.2, 0.25) is 5.02 Å². The van der Waals surface area contributed by atoms with Crippen molar-refractivity contribution in [1.29, 1.82) is 0 Å². The average Bonchev–Trinajstić information content (AvgIpc) is 2.33. The molecule has 0 bridgehead atoms. The van der Waals surface area contributed by atoms with Crippen molar-refractivity contribution in [3.05, 3.63) is 58.6 Å². The fourth-order valence-corrected chi connectivity index (χ4v) is 1.64. The van der Waals surface area contributed by atoms with E-state index in [1.807, 2.05) is 0 Å². The van der Waals surface area contributed by atoms with Crippen LogP contribution in [0.15, 0.2) is 36.4 Å². The van der Waals surface area contributed by atoms with Crippen LogP contribution < -0.4 is 5.32 Å². The van der Waals surface area contributed by atoms with E-state index in [2.05, 4.69) is 5.32 Å². The van der Waals surface area contributed by atoms with Crippen molar-refractivity contribution in [3.8, 4) is 0 Å². The first-order chi connectivity index (χ1) is 8.60. The second-order valence-corrected chi connectivity index (χ2v) is 3.95. The standard InChI is InChI=1S/C13H7ClF2NO/c14-11-6-10(3-1-8(11)7-18)17-13-4-2-9(15)5-12(13)16/h1-6,17H. The molecule has 0 spiro atoms. The molecule has 1 N–H and O–H groups in total. The Hall–Kier alpha value is -1.94. The summed E-state index contributed by atoms with van der Waals surface area (Å²) in [5, 5.41) is 2.94. The van der Waals surface area contributed by atoms with Gasteiger partial charge in [0.2, 0.25) is 6.29 Å². The Morgan fingerprint density at radius 1 is 1.11 bits per heavy atom. The van der Waals surface area contributed by atoms with Gasteiger partial charge in [-0.1, -0.05) is 11.6 Å². The molecule has 0 atom stereocenters. The predicted octanol–water partition coefficient (Wildman–Crippen LogP) is 3.82. The average molecular weight is 267 g/mol. The molecule has 0 fully saturated rings. The summed E-state index contributed by atoms with van der Waals surface area (Å²) in [5.41, 5.74) is 0.835. The topological polar surface area (TPSA) is 29.1 Å². The van der Waals surface area contributed by atoms with Crippen molar-refractivity contribution in [2.24, 2.45) is 0 Å². The Bertz CT molecular complexity index is 602. The van der Waals surface area contributed by atoms with Gasteiger partial charge >= 0.3 is 0 Å². The molecule has 91 valence electrons. The molecule has 2 aromatic carbocycles. The lowest BCUT2D eigenvalue weighted by Gasteiger charge is -2.08. The minimum atomic E-state index is -0.711. The molecule has 18 heavy (non-hydrogen) atoms. The summed E-state index contributed by atoms with van der Waals surface area (Å²) in [4.78, 5) is 10.5. The number of nitrogens with one attached hydrogen (secondary N) is 1. The molecule has 1 radical (unpaired) electrons. The molecule has 0 unspecified atom stereocenters. The third kappa shape index (κ3) is 2.65. The summed E-state index contributed by atoms with van der Waals surface area (Å²) in [5.74, 6) is -1.36. The number of benzene rings is 2. The van der Waals surface area contributed by atoms with Crippen LogP contribution in [0.1, 0.15) is 5.56 Å². The molecule has 0 amide bonds. The molecule has 0 heterocycles. The van der Waals surface area contributed by atoms with E-state index < -0.39 is 11.6 Å². The number of carbonyl (C=O) groups excluding carboxylic acids is 1. The molecule has 2 nitrogen and oxygen atoms in total. The van der Waals surface area contributed by atoms with Crippen LogP contribution >= 0.6 is 11.6 Å². The molecule has 0 aliphatic heterocycles. The largest absolute Gasteiger partial charge is 0.353 e. The zero-order valence-electron chi connectivity index (χ0n) is 9.01. The molecule has 2 rings (SSSR count). The Morgan fingerprint density at radius 3 is 2.50 bits per heavy atom. The van der Waals surface area contributed by atoms with Gasteiger partial charge < -0.3 is 5.32 Å². The molecular weight excluding hydrogens is 260 g/mol. The first-order valence-corrected chi connectivity index (χ1v) is 5.38. The quantitative estimate of drug-likeness (QED) is 0.915. The van der Waals surface area contributed by atoms with Crippen LogP contribution in [0.5, 0.6) is 0 Å². The van der Waals surface area contributed by atoms with Gasteiger partial charge in [-0.05, 0) is 30.3 Å². The SMILES string of the molecule is O=[C]c1ccc(Nc2ccc(F)cc2F)cc1Cl. The van der Waals surface area contributed by atoms with Gasteiger partial charge in [0.05, 0.1) is 10.7 Å². The van der Waals surface area contributed by atoms with Crippen molar-refractivity contribution in [2.75, 3.05) is 5.32 Å². The van der Waals surface area contributed by atoms with Gasteiger partial charge in [0, 0.05) is 17.3 Å². The Morgan fingerprint density at radius 2 is 1.89 bits per heavy atom. The van der Waals surface area contributed by atoms with Crippen molar-refractivity contribution >= 4 is 29.3 Å². The lowest BCUT2D eigenvalue weighted by atomic mass is 10.2. The third-order valence-electron chi connectivity index (χ3n) is 2.29. The Labute approximate surface area is 107 Å². The van der Waals surface area contributed by atoms with E-state index in [0.717, 1.165) is 12.1 Å². The monoisotopic (exact) mass is 266 g/mol. The van der Waals surface area contributed by atoms with Gasteiger partial charge in [-0.15, -0.1) is 0 Å². The minimum Gasteiger partial charge on any atom is -0.353 e. The van der Waals surface area contributed by atoms with Gasteiger partial charge in [0.25, 0.3) is 0 Å². The van der Waals surface area contributed by atoms with Gasteiger partial charge in [-0.25, -0.2) is 8.78 Å². The van der Waals surface area contributed by atoms with E-state index in [1.165, 1.54) is 18.2 Å². The number of rotatable bonds is 3. The van der Waals surface area contributed by atoms with Crippen LogP contribution in [0.3, 0.4) is 0 Å². The van der Waals surface area contributed by atoms with Gasteiger partial charge in [-0.2, -0.15) is 0 Å². The predicted molar refractivity (Wildman–Crippen MR) is 65.9 cm³/mol. The van der Waals surface area contributed by atoms with Gasteiger partial charge in [-0.3, -0.25) is 4.79 Å². The fraction of sp³-hybridized carbons (Fsp3) is 0. The number of hydrogen-bond acceptors (Lipinski definition) is 2. The molecular formula is C13H7ClF2NO. The van der Waals surface area contributed by atoms with Crippen molar-refractivity contribution in [1.82, 2.24) is 0 Å². The lowest BCUT2D eigenvalue weighted by molar-refractivity contribution is 0.563. The maximum absolute atomic E-state index is 13.4. The second kappa shape index (κ2) is 5.14. The zero-order chi connectivity index (χ0) is 13.1. The number of anilines is 2. The first-order valence-electron chi connectivity index (χ1n) is 5.00. The van der Waals surface area contributed by atoms with Crippen LogP contribution in [-0.2, 0) is 4.79 Å². The summed E-state index contributed by atoms with van der Waals surface area (Å²) in [6.45, 7) is 0. The summed E-state index contributed by atoms with van der Waals surface area (Å²) in [6, 6.07) is 7.66. The van der Waals surface area contributed by atoms with E-state index in [-0.39, 0.29) is 16.3 Å². The lowest BCUT2D eigenvalue weighted by Crippen LogP contribution is -1.95. The third-order valence-corrected chi connectivity index (χ3v) is 2.60. The Kier molecular flexibility index (Phi) is 3.58. The maximum Gasteiger partial charge on any atom is 0.235 e. The van der Waals surface area contributed by atoms with E-state index in [1.54, 1.807) is 12.4 Å². The van der Waals surface area contributed by atoms with Crippen LogP contribution in [-0.4, -0.2) is 6.29 Å². The number of halogens is 3. The highest BCUT2D eigenvalue weighted by Crippen LogP contribution is 2.24. The molecule has 0 aliphatic rings. The molecule has 0 saturated carbocycles. The molecule has 2 aromatic rings. The Balaban J connectivity index is 2.28. The van der Waals surface area contributed by atoms with Gasteiger partial charge in [0.15, 0.2) is 0 Å². The van der Waals surface area contributed by atoms with E-state index in [0.29, 0.717) is 5.69 Å². The van der Waals surface area contributed by atoms with E-state index >= 15 is 0 Å². The van der Waals surface area contributed by atoms with E-state index in [4.69, 9.17) is 11.6 Å².